The van der Waals surface area contributed by atoms with Crippen LogP contribution in [-0.4, -0.2) is 17.6 Å². The van der Waals surface area contributed by atoms with E-state index in [0.717, 1.165) is 16.6 Å². The lowest BCUT2D eigenvalue weighted by Crippen LogP contribution is -2.35. The Morgan fingerprint density at radius 2 is 1.95 bits per heavy atom. The van der Waals surface area contributed by atoms with E-state index in [9.17, 15) is 4.79 Å². The van der Waals surface area contributed by atoms with Gasteiger partial charge in [-0.25, -0.2) is 4.79 Å². The zero-order chi connectivity index (χ0) is 13.9. The first-order chi connectivity index (χ1) is 8.96. The number of para-hydroxylation sites is 1. The molecular formula is C15H19N3O. The first-order valence-electron chi connectivity index (χ1n) is 6.34. The molecule has 0 aliphatic heterocycles. The van der Waals surface area contributed by atoms with Gasteiger partial charge in [0.25, 0.3) is 0 Å². The molecule has 0 atom stereocenters. The standard InChI is InChI=1S/C15H19N3O/c1-15(2,3)10-17-14(19)18-12-8-4-6-11-7-5-9-16-13(11)12/h4-9H,10H2,1-3H3,(H2,17,18,19). The fourth-order valence-electron chi connectivity index (χ4n) is 1.72. The first kappa shape index (κ1) is 13.3. The third-order valence-electron chi connectivity index (χ3n) is 2.66. The number of pyridine rings is 1. The Balaban J connectivity index is 2.11. The van der Waals surface area contributed by atoms with E-state index in [2.05, 4.69) is 36.4 Å². The Kier molecular flexibility index (Phi) is 3.69. The molecule has 1 aromatic carbocycles. The number of rotatable bonds is 2. The molecule has 1 heterocycles. The van der Waals surface area contributed by atoms with Crippen LogP contribution in [-0.2, 0) is 0 Å². The number of fused-ring (bicyclic) bond motifs is 1. The fourth-order valence-corrected chi connectivity index (χ4v) is 1.72. The molecule has 0 saturated heterocycles. The lowest BCUT2D eigenvalue weighted by Gasteiger charge is -2.19. The van der Waals surface area contributed by atoms with E-state index < -0.39 is 0 Å². The van der Waals surface area contributed by atoms with E-state index in [1.807, 2.05) is 30.3 Å². The molecule has 0 aliphatic rings. The van der Waals surface area contributed by atoms with Crippen molar-refractivity contribution in [1.29, 1.82) is 0 Å². The molecule has 0 radical (unpaired) electrons. The summed E-state index contributed by atoms with van der Waals surface area (Å²) in [5.41, 5.74) is 1.59. The maximum absolute atomic E-state index is 11.9. The molecule has 2 amide bonds. The van der Waals surface area contributed by atoms with Gasteiger partial charge in [-0.15, -0.1) is 0 Å². The maximum Gasteiger partial charge on any atom is 0.319 e. The monoisotopic (exact) mass is 257 g/mol. The van der Waals surface area contributed by atoms with Gasteiger partial charge in [-0.2, -0.15) is 0 Å². The van der Waals surface area contributed by atoms with Crippen LogP contribution in [0.1, 0.15) is 20.8 Å². The molecule has 0 aliphatic carbocycles. The Morgan fingerprint density at radius 1 is 1.21 bits per heavy atom. The average molecular weight is 257 g/mol. The highest BCUT2D eigenvalue weighted by Crippen LogP contribution is 2.20. The van der Waals surface area contributed by atoms with Gasteiger partial charge >= 0.3 is 6.03 Å². The van der Waals surface area contributed by atoms with Crippen LogP contribution in [0.2, 0.25) is 0 Å². The van der Waals surface area contributed by atoms with Crippen LogP contribution in [0.4, 0.5) is 10.5 Å². The molecule has 2 N–H and O–H groups in total. The molecule has 0 bridgehead atoms. The van der Waals surface area contributed by atoms with Crippen LogP contribution in [0.5, 0.6) is 0 Å². The van der Waals surface area contributed by atoms with Crippen LogP contribution in [0.25, 0.3) is 10.9 Å². The van der Waals surface area contributed by atoms with Gasteiger partial charge in [0.15, 0.2) is 0 Å². The number of amides is 2. The number of nitrogens with one attached hydrogen (secondary N) is 2. The van der Waals surface area contributed by atoms with Crippen LogP contribution >= 0.6 is 0 Å². The highest BCUT2D eigenvalue weighted by Gasteiger charge is 2.12. The Hall–Kier alpha value is -2.10. The Morgan fingerprint density at radius 3 is 2.68 bits per heavy atom. The summed E-state index contributed by atoms with van der Waals surface area (Å²) in [6.07, 6.45) is 1.72. The topological polar surface area (TPSA) is 54.0 Å². The molecule has 2 rings (SSSR count). The normalized spacial score (nSPS) is 11.3. The second kappa shape index (κ2) is 5.26. The fraction of sp³-hybridized carbons (Fsp3) is 0.333. The number of carbonyl (C=O) groups is 1. The van der Waals surface area contributed by atoms with E-state index in [0.29, 0.717) is 6.54 Å². The Bertz CT molecular complexity index is 582. The van der Waals surface area contributed by atoms with Crippen LogP contribution in [0.15, 0.2) is 36.5 Å². The zero-order valence-electron chi connectivity index (χ0n) is 11.5. The molecule has 4 nitrogen and oxygen atoms in total. The minimum atomic E-state index is -0.201. The number of hydrogen-bond donors (Lipinski definition) is 2. The average Bonchev–Trinajstić information content (AvgIpc) is 2.36. The predicted molar refractivity (Wildman–Crippen MR) is 78.2 cm³/mol. The van der Waals surface area contributed by atoms with Gasteiger partial charge in [0.05, 0.1) is 11.2 Å². The number of aromatic nitrogens is 1. The molecule has 0 saturated carbocycles. The zero-order valence-corrected chi connectivity index (χ0v) is 11.5. The van der Waals surface area contributed by atoms with Gasteiger partial charge in [0.1, 0.15) is 0 Å². The summed E-state index contributed by atoms with van der Waals surface area (Å²) in [5, 5.41) is 6.71. The molecule has 2 aromatic rings. The van der Waals surface area contributed by atoms with Crippen LogP contribution in [0.3, 0.4) is 0 Å². The predicted octanol–water partition coefficient (Wildman–Crippen LogP) is 3.40. The van der Waals surface area contributed by atoms with E-state index >= 15 is 0 Å². The van der Waals surface area contributed by atoms with Crippen molar-refractivity contribution in [3.8, 4) is 0 Å². The van der Waals surface area contributed by atoms with Gasteiger partial charge in [0, 0.05) is 18.1 Å². The van der Waals surface area contributed by atoms with Gasteiger partial charge in [0.2, 0.25) is 0 Å². The summed E-state index contributed by atoms with van der Waals surface area (Å²) in [7, 11) is 0. The van der Waals surface area contributed by atoms with Crippen molar-refractivity contribution in [3.63, 3.8) is 0 Å². The van der Waals surface area contributed by atoms with Gasteiger partial charge in [-0.05, 0) is 17.5 Å². The van der Waals surface area contributed by atoms with E-state index in [-0.39, 0.29) is 11.4 Å². The van der Waals surface area contributed by atoms with Gasteiger partial charge < -0.3 is 10.6 Å². The second-order valence-electron chi connectivity index (χ2n) is 5.75. The number of anilines is 1. The molecule has 0 spiro atoms. The van der Waals surface area contributed by atoms with Crippen molar-refractivity contribution in [2.45, 2.75) is 20.8 Å². The number of carbonyl (C=O) groups excluding carboxylic acids is 1. The highest BCUT2D eigenvalue weighted by atomic mass is 16.2. The first-order valence-corrected chi connectivity index (χ1v) is 6.34. The van der Waals surface area contributed by atoms with Crippen molar-refractivity contribution in [3.05, 3.63) is 36.5 Å². The minimum Gasteiger partial charge on any atom is -0.337 e. The maximum atomic E-state index is 11.9. The second-order valence-corrected chi connectivity index (χ2v) is 5.75. The molecule has 1 aromatic heterocycles. The summed E-state index contributed by atoms with van der Waals surface area (Å²) in [5.74, 6) is 0. The SMILES string of the molecule is CC(C)(C)CNC(=O)Nc1cccc2cccnc12. The summed E-state index contributed by atoms with van der Waals surface area (Å²) in [6.45, 7) is 6.85. The summed E-state index contributed by atoms with van der Waals surface area (Å²) >= 11 is 0. The van der Waals surface area contributed by atoms with Crippen LogP contribution in [0, 0.1) is 5.41 Å². The lowest BCUT2D eigenvalue weighted by molar-refractivity contribution is 0.247. The summed E-state index contributed by atoms with van der Waals surface area (Å²) < 4.78 is 0. The number of urea groups is 1. The van der Waals surface area contributed by atoms with Crippen LogP contribution < -0.4 is 10.6 Å². The van der Waals surface area contributed by atoms with Gasteiger partial charge in [-0.1, -0.05) is 39.0 Å². The molecule has 4 heteroatoms. The van der Waals surface area contributed by atoms with E-state index in [1.54, 1.807) is 6.20 Å². The van der Waals surface area contributed by atoms with Gasteiger partial charge in [-0.3, -0.25) is 4.98 Å². The quantitative estimate of drug-likeness (QED) is 0.866. The van der Waals surface area contributed by atoms with Crippen molar-refractivity contribution >= 4 is 22.6 Å². The molecule has 0 unspecified atom stereocenters. The van der Waals surface area contributed by atoms with Crippen molar-refractivity contribution in [1.82, 2.24) is 10.3 Å². The minimum absolute atomic E-state index is 0.0638. The Labute approximate surface area is 113 Å². The molecule has 19 heavy (non-hydrogen) atoms. The highest BCUT2D eigenvalue weighted by molar-refractivity contribution is 5.99. The van der Waals surface area contributed by atoms with Crippen molar-refractivity contribution in [2.24, 2.45) is 5.41 Å². The smallest absolute Gasteiger partial charge is 0.319 e. The molecule has 100 valence electrons. The molecule has 0 fully saturated rings. The largest absolute Gasteiger partial charge is 0.337 e. The number of benzene rings is 1. The summed E-state index contributed by atoms with van der Waals surface area (Å²) in [4.78, 5) is 16.2. The summed E-state index contributed by atoms with van der Waals surface area (Å²) in [6, 6.07) is 9.38. The number of hydrogen-bond acceptors (Lipinski definition) is 2. The van der Waals surface area contributed by atoms with E-state index in [4.69, 9.17) is 0 Å². The van der Waals surface area contributed by atoms with E-state index in [1.165, 1.54) is 0 Å². The van der Waals surface area contributed by atoms with Crippen molar-refractivity contribution in [2.75, 3.05) is 11.9 Å². The van der Waals surface area contributed by atoms with Crippen molar-refractivity contribution < 1.29 is 4.79 Å². The lowest BCUT2D eigenvalue weighted by atomic mass is 9.97. The third kappa shape index (κ3) is 3.68. The number of nitrogens with zero attached hydrogens (tertiary/aromatic N) is 1. The third-order valence-corrected chi connectivity index (χ3v) is 2.66. The molecular weight excluding hydrogens is 238 g/mol.